The third-order valence-electron chi connectivity index (χ3n) is 5.48. The van der Waals surface area contributed by atoms with Crippen LogP contribution in [0.15, 0.2) is 83.0 Å². The molecule has 0 aromatic heterocycles. The van der Waals surface area contributed by atoms with Gasteiger partial charge in [-0.05, 0) is 42.8 Å². The van der Waals surface area contributed by atoms with E-state index in [1.54, 1.807) is 29.2 Å². The van der Waals surface area contributed by atoms with Crippen molar-refractivity contribution in [2.75, 3.05) is 11.9 Å². The maximum Gasteiger partial charge on any atom is 0.418 e. The Balaban J connectivity index is 1.49. The Labute approximate surface area is 194 Å². The number of anilines is 1. The summed E-state index contributed by atoms with van der Waals surface area (Å²) in [5.41, 5.74) is 0.769. The van der Waals surface area contributed by atoms with Gasteiger partial charge in [0.15, 0.2) is 6.04 Å². The molecule has 1 heterocycles. The second-order valence-corrected chi connectivity index (χ2v) is 7.73. The lowest BCUT2D eigenvalue weighted by Crippen LogP contribution is -2.30. The van der Waals surface area contributed by atoms with Gasteiger partial charge in [0.05, 0.1) is 16.9 Å². The highest BCUT2D eigenvalue weighted by atomic mass is 19.4. The van der Waals surface area contributed by atoms with Crippen LogP contribution in [0.2, 0.25) is 0 Å². The van der Waals surface area contributed by atoms with E-state index in [-0.39, 0.29) is 17.2 Å². The maximum atomic E-state index is 13.2. The van der Waals surface area contributed by atoms with Gasteiger partial charge in [-0.15, -0.1) is 0 Å². The Hall–Kier alpha value is -4.01. The second kappa shape index (κ2) is 9.46. The molecule has 0 aliphatic carbocycles. The number of fused-ring (bicyclic) bond motifs is 1. The number of azo groups is 1. The zero-order valence-corrected chi connectivity index (χ0v) is 18.2. The quantitative estimate of drug-likeness (QED) is 0.443. The van der Waals surface area contributed by atoms with E-state index < -0.39 is 23.7 Å². The van der Waals surface area contributed by atoms with Gasteiger partial charge in [0.25, 0.3) is 11.8 Å². The van der Waals surface area contributed by atoms with Crippen LogP contribution in [0.5, 0.6) is 0 Å². The molecule has 0 bridgehead atoms. The molecule has 6 nitrogen and oxygen atoms in total. The fourth-order valence-electron chi connectivity index (χ4n) is 3.73. The number of nitrogens with zero attached hydrogens (tertiary/aromatic N) is 3. The van der Waals surface area contributed by atoms with Gasteiger partial charge >= 0.3 is 6.18 Å². The Morgan fingerprint density at radius 1 is 1.00 bits per heavy atom. The topological polar surface area (TPSA) is 74.1 Å². The summed E-state index contributed by atoms with van der Waals surface area (Å²) in [5, 5.41) is 10.3. The summed E-state index contributed by atoms with van der Waals surface area (Å²) >= 11 is 0. The van der Waals surface area contributed by atoms with Gasteiger partial charge in [0, 0.05) is 24.2 Å². The number of carbonyl (C=O) groups excluding carboxylic acids is 2. The molecule has 3 aromatic carbocycles. The van der Waals surface area contributed by atoms with Crippen molar-refractivity contribution in [3.05, 3.63) is 95.1 Å². The first-order chi connectivity index (χ1) is 16.3. The van der Waals surface area contributed by atoms with E-state index >= 15 is 0 Å². The monoisotopic (exact) mass is 466 g/mol. The first kappa shape index (κ1) is 23.2. The number of rotatable bonds is 6. The molecule has 0 saturated heterocycles. The van der Waals surface area contributed by atoms with Gasteiger partial charge in [-0.2, -0.15) is 23.4 Å². The lowest BCUT2D eigenvalue weighted by Gasteiger charge is -2.21. The molecule has 0 radical (unpaired) electrons. The zero-order valence-electron chi connectivity index (χ0n) is 18.2. The Kier molecular flexibility index (Phi) is 6.45. The Bertz CT molecular complexity index is 1230. The number of halogens is 3. The smallest absolute Gasteiger partial charge is 0.335 e. The van der Waals surface area contributed by atoms with Crippen molar-refractivity contribution in [1.29, 1.82) is 0 Å². The van der Waals surface area contributed by atoms with Crippen molar-refractivity contribution in [2.45, 2.75) is 25.7 Å². The van der Waals surface area contributed by atoms with Crippen LogP contribution in [0, 0.1) is 0 Å². The zero-order chi connectivity index (χ0) is 24.3. The molecule has 0 spiro atoms. The van der Waals surface area contributed by atoms with E-state index in [1.807, 2.05) is 37.3 Å². The maximum absolute atomic E-state index is 13.2. The van der Waals surface area contributed by atoms with Crippen LogP contribution >= 0.6 is 0 Å². The summed E-state index contributed by atoms with van der Waals surface area (Å²) in [5.74, 6) is -0.819. The summed E-state index contributed by atoms with van der Waals surface area (Å²) < 4.78 is 39.7. The molecule has 0 fully saturated rings. The normalized spacial score (nSPS) is 15.3. The number of hydrogen-bond acceptors (Lipinski definition) is 4. The molecule has 1 aliphatic rings. The predicted octanol–water partition coefficient (Wildman–Crippen LogP) is 6.14. The minimum atomic E-state index is -4.60. The molecule has 2 amide bonds. The summed E-state index contributed by atoms with van der Waals surface area (Å²) in [6.45, 7) is 2.91. The molecule has 9 heteroatoms. The third kappa shape index (κ3) is 4.83. The molecular weight excluding hydrogens is 445 g/mol. The molecule has 174 valence electrons. The van der Waals surface area contributed by atoms with Crippen molar-refractivity contribution in [1.82, 2.24) is 4.90 Å². The van der Waals surface area contributed by atoms with Crippen molar-refractivity contribution >= 4 is 23.2 Å². The summed E-state index contributed by atoms with van der Waals surface area (Å²) in [6, 6.07) is 18.4. The third-order valence-corrected chi connectivity index (χ3v) is 5.48. The number of para-hydroxylation sites is 1. The van der Waals surface area contributed by atoms with E-state index in [4.69, 9.17) is 0 Å². The SMILES string of the molecule is CCN(Cc1ccccc1)C(=O)c1ccc(N=N[C@@H]2C(=O)Nc3c2cccc3C(F)(F)F)cc1. The summed E-state index contributed by atoms with van der Waals surface area (Å²) in [6.07, 6.45) is -4.60. The molecule has 1 atom stereocenters. The highest BCUT2D eigenvalue weighted by Crippen LogP contribution is 2.43. The van der Waals surface area contributed by atoms with Gasteiger partial charge in [0.2, 0.25) is 0 Å². The average Bonchev–Trinajstić information content (AvgIpc) is 3.16. The molecule has 3 aromatic rings. The predicted molar refractivity (Wildman–Crippen MR) is 121 cm³/mol. The van der Waals surface area contributed by atoms with Crippen molar-refractivity contribution in [3.8, 4) is 0 Å². The number of nitrogens with one attached hydrogen (secondary N) is 1. The van der Waals surface area contributed by atoms with Crippen molar-refractivity contribution < 1.29 is 22.8 Å². The van der Waals surface area contributed by atoms with Crippen LogP contribution in [0.25, 0.3) is 0 Å². The molecule has 4 rings (SSSR count). The fraction of sp³-hybridized carbons (Fsp3) is 0.200. The number of alkyl halides is 3. The van der Waals surface area contributed by atoms with Crippen LogP contribution in [-0.2, 0) is 17.5 Å². The minimum Gasteiger partial charge on any atom is -0.335 e. The molecule has 0 saturated carbocycles. The fourth-order valence-corrected chi connectivity index (χ4v) is 3.73. The highest BCUT2D eigenvalue weighted by Gasteiger charge is 2.40. The van der Waals surface area contributed by atoms with E-state index in [0.717, 1.165) is 11.6 Å². The van der Waals surface area contributed by atoms with E-state index in [2.05, 4.69) is 15.5 Å². The average molecular weight is 466 g/mol. The first-order valence-electron chi connectivity index (χ1n) is 10.6. The van der Waals surface area contributed by atoms with Gasteiger partial charge in [-0.3, -0.25) is 9.59 Å². The number of hydrogen-bond donors (Lipinski definition) is 1. The standard InChI is InChI=1S/C25H21F3N4O2/c1-2-32(15-16-7-4-3-5-8-16)24(34)17-11-13-18(14-12-17)30-31-22-19-9-6-10-20(25(26,27)28)21(19)29-23(22)33/h3-14,22H,2,15H2,1H3,(H,29,33)/t22-/m0/s1. The summed E-state index contributed by atoms with van der Waals surface area (Å²) in [7, 11) is 0. The first-order valence-corrected chi connectivity index (χ1v) is 10.6. The van der Waals surface area contributed by atoms with Crippen LogP contribution in [0.3, 0.4) is 0 Å². The summed E-state index contributed by atoms with van der Waals surface area (Å²) in [4.78, 5) is 26.8. The lowest BCUT2D eigenvalue weighted by atomic mass is 10.0. The Morgan fingerprint density at radius 3 is 2.35 bits per heavy atom. The molecule has 0 unspecified atom stereocenters. The van der Waals surface area contributed by atoms with Crippen LogP contribution in [0.1, 0.15) is 40.0 Å². The van der Waals surface area contributed by atoms with E-state index in [1.165, 1.54) is 12.1 Å². The van der Waals surface area contributed by atoms with Crippen LogP contribution in [0.4, 0.5) is 24.5 Å². The largest absolute Gasteiger partial charge is 0.418 e. The van der Waals surface area contributed by atoms with Gasteiger partial charge in [0.1, 0.15) is 0 Å². The number of amides is 2. The van der Waals surface area contributed by atoms with Gasteiger partial charge in [-0.25, -0.2) is 0 Å². The second-order valence-electron chi connectivity index (χ2n) is 7.73. The Morgan fingerprint density at radius 2 is 1.71 bits per heavy atom. The molecular formula is C25H21F3N4O2. The van der Waals surface area contributed by atoms with E-state index in [9.17, 15) is 22.8 Å². The lowest BCUT2D eigenvalue weighted by molar-refractivity contribution is -0.136. The molecule has 1 aliphatic heterocycles. The van der Waals surface area contributed by atoms with Crippen molar-refractivity contribution in [3.63, 3.8) is 0 Å². The van der Waals surface area contributed by atoms with Crippen LogP contribution < -0.4 is 5.32 Å². The molecule has 34 heavy (non-hydrogen) atoms. The van der Waals surface area contributed by atoms with Gasteiger partial charge in [-0.1, -0.05) is 42.5 Å². The van der Waals surface area contributed by atoms with Crippen LogP contribution in [-0.4, -0.2) is 23.3 Å². The number of carbonyl (C=O) groups is 2. The van der Waals surface area contributed by atoms with E-state index in [0.29, 0.717) is 24.3 Å². The van der Waals surface area contributed by atoms with Crippen molar-refractivity contribution in [2.24, 2.45) is 10.2 Å². The molecule has 1 N–H and O–H groups in total. The number of benzene rings is 3. The highest BCUT2D eigenvalue weighted by molar-refractivity contribution is 6.03. The van der Waals surface area contributed by atoms with Gasteiger partial charge < -0.3 is 10.2 Å². The minimum absolute atomic E-state index is 0.120.